The van der Waals surface area contributed by atoms with Crippen LogP contribution in [-0.2, 0) is 0 Å². The Labute approximate surface area is 110 Å². The van der Waals surface area contributed by atoms with Gasteiger partial charge in [-0.15, -0.1) is 0 Å². The molecule has 0 spiro atoms. The Morgan fingerprint density at radius 3 is 0.667 bits per heavy atom. The van der Waals surface area contributed by atoms with Gasteiger partial charge in [-0.25, -0.2) is 0 Å². The van der Waals surface area contributed by atoms with Crippen LogP contribution in [0.5, 0.6) is 0 Å². The van der Waals surface area contributed by atoms with Gasteiger partial charge in [0.05, 0.1) is 0 Å². The average Bonchev–Trinajstić information content (AvgIpc) is 0. The van der Waals surface area contributed by atoms with Gasteiger partial charge in [-0.1, -0.05) is 7.43 Å². The van der Waals surface area contributed by atoms with Crippen molar-refractivity contribution in [1.82, 2.24) is 0 Å². The van der Waals surface area contributed by atoms with Gasteiger partial charge < -0.3 is 37.2 Å². The second-order valence-electron chi connectivity index (χ2n) is 0. The number of hydrogen-bond donors (Lipinski definition) is 0. The molecule has 0 fully saturated rings. The Morgan fingerprint density at radius 1 is 0.667 bits per heavy atom. The van der Waals surface area contributed by atoms with Crippen molar-refractivity contribution in [3.63, 3.8) is 0 Å². The SMILES string of the molecule is C.[Ca+2].[Cl-].[Cl-].[Cl-].[Na+]. The normalized spacial score (nSPS) is 0. The first-order chi connectivity index (χ1) is 0. The van der Waals surface area contributed by atoms with Crippen LogP contribution in [0.15, 0.2) is 0 Å². The molecule has 0 bridgehead atoms. The number of halogens is 3. The third-order valence-corrected chi connectivity index (χ3v) is 0. The molecule has 6 heavy (non-hydrogen) atoms. The number of rotatable bonds is 0. The zero-order valence-electron chi connectivity index (χ0n) is 2.84. The second kappa shape index (κ2) is 42.2. The summed E-state index contributed by atoms with van der Waals surface area (Å²) < 4.78 is 0. The summed E-state index contributed by atoms with van der Waals surface area (Å²) in [5, 5.41) is 0. The maximum absolute atomic E-state index is 0. The van der Waals surface area contributed by atoms with Gasteiger partial charge >= 0.3 is 67.3 Å². The van der Waals surface area contributed by atoms with E-state index >= 15 is 0 Å². The maximum atomic E-state index is 0. The number of hydrogen-bond acceptors (Lipinski definition) is 0. The van der Waals surface area contributed by atoms with Gasteiger partial charge in [-0.2, -0.15) is 0 Å². The first-order valence-corrected chi connectivity index (χ1v) is 0. The fourth-order valence-corrected chi connectivity index (χ4v) is 0. The first-order valence-electron chi connectivity index (χ1n) is 0. The molecular formula is CH4CaCl3Na. The van der Waals surface area contributed by atoms with Crippen LogP contribution in [0.1, 0.15) is 7.43 Å². The van der Waals surface area contributed by atoms with Crippen molar-refractivity contribution in [2.75, 3.05) is 0 Å². The molecule has 0 aromatic rings. The summed E-state index contributed by atoms with van der Waals surface area (Å²) in [6.45, 7) is 0. The molecule has 0 amide bonds. The van der Waals surface area contributed by atoms with E-state index in [4.69, 9.17) is 0 Å². The summed E-state index contributed by atoms with van der Waals surface area (Å²) in [5.74, 6) is 0. The molecule has 0 heterocycles. The largest absolute Gasteiger partial charge is 2.00 e. The van der Waals surface area contributed by atoms with Gasteiger partial charge in [0.15, 0.2) is 0 Å². The Bertz CT molecular complexity index is 10.8. The minimum absolute atomic E-state index is 0. The van der Waals surface area contributed by atoms with Gasteiger partial charge in [-0.3, -0.25) is 0 Å². The monoisotopic (exact) mass is 184 g/mol. The van der Waals surface area contributed by atoms with Crippen LogP contribution in [0, 0.1) is 0 Å². The quantitative estimate of drug-likeness (QED) is 0.329. The van der Waals surface area contributed by atoms with Crippen molar-refractivity contribution in [3.8, 4) is 0 Å². The van der Waals surface area contributed by atoms with Crippen LogP contribution < -0.4 is 66.8 Å². The third kappa shape index (κ3) is 27.3. The molecule has 0 aromatic heterocycles. The Hall–Kier alpha value is 3.13. The maximum Gasteiger partial charge on any atom is 2.00 e. The van der Waals surface area contributed by atoms with E-state index in [2.05, 4.69) is 0 Å². The van der Waals surface area contributed by atoms with E-state index in [1.165, 1.54) is 0 Å². The summed E-state index contributed by atoms with van der Waals surface area (Å²) in [6, 6.07) is 0. The summed E-state index contributed by atoms with van der Waals surface area (Å²) in [5.41, 5.74) is 0. The summed E-state index contributed by atoms with van der Waals surface area (Å²) in [4.78, 5) is 0. The van der Waals surface area contributed by atoms with Gasteiger partial charge in [-0.05, 0) is 0 Å². The molecule has 0 nitrogen and oxygen atoms in total. The molecule has 0 rings (SSSR count). The predicted molar refractivity (Wildman–Crippen MR) is 12.5 cm³/mol. The zero-order chi connectivity index (χ0) is 0. The van der Waals surface area contributed by atoms with Crippen LogP contribution in [0.4, 0.5) is 0 Å². The minimum atomic E-state index is 0. The molecule has 0 aromatic carbocycles. The molecule has 5 heteroatoms. The van der Waals surface area contributed by atoms with E-state index in [0.29, 0.717) is 0 Å². The van der Waals surface area contributed by atoms with Crippen LogP contribution in [0.25, 0.3) is 0 Å². The van der Waals surface area contributed by atoms with Crippen LogP contribution in [0.3, 0.4) is 0 Å². The van der Waals surface area contributed by atoms with Crippen molar-refractivity contribution in [2.24, 2.45) is 0 Å². The fourth-order valence-electron chi connectivity index (χ4n) is 0. The van der Waals surface area contributed by atoms with Gasteiger partial charge in [0.1, 0.15) is 0 Å². The smallest absolute Gasteiger partial charge is 1.00 e. The van der Waals surface area contributed by atoms with Crippen LogP contribution in [-0.4, -0.2) is 37.7 Å². The van der Waals surface area contributed by atoms with Gasteiger partial charge in [0.2, 0.25) is 0 Å². The van der Waals surface area contributed by atoms with Crippen molar-refractivity contribution >= 4 is 37.7 Å². The van der Waals surface area contributed by atoms with Crippen molar-refractivity contribution in [2.45, 2.75) is 7.43 Å². The first kappa shape index (κ1) is 61.6. The summed E-state index contributed by atoms with van der Waals surface area (Å²) in [7, 11) is 0. The van der Waals surface area contributed by atoms with E-state index in [1.54, 1.807) is 0 Å². The van der Waals surface area contributed by atoms with Gasteiger partial charge in [0.25, 0.3) is 0 Å². The molecule has 0 unspecified atom stereocenters. The molecule has 0 radical (unpaired) electrons. The Balaban J connectivity index is 0. The van der Waals surface area contributed by atoms with Crippen LogP contribution in [0.2, 0.25) is 0 Å². The molecule has 0 N–H and O–H groups in total. The predicted octanol–water partition coefficient (Wildman–Crippen LogP) is -11.7. The van der Waals surface area contributed by atoms with Crippen molar-refractivity contribution in [1.29, 1.82) is 0 Å². The standard InChI is InChI=1S/CH4.Ca.3ClH.Na/h1H4;;3*1H;/q;+2;;;;+1/p-3. The fraction of sp³-hybridized carbons (Fsp3) is 1.00. The molecule has 0 aliphatic heterocycles. The minimum Gasteiger partial charge on any atom is -1.00 e. The molecule has 0 aliphatic rings. The molecule has 0 aliphatic carbocycles. The van der Waals surface area contributed by atoms with Crippen molar-refractivity contribution < 1.29 is 66.8 Å². The average molecular weight is 185 g/mol. The summed E-state index contributed by atoms with van der Waals surface area (Å²) in [6.07, 6.45) is 0. The van der Waals surface area contributed by atoms with Gasteiger partial charge in [0, 0.05) is 0 Å². The Morgan fingerprint density at radius 2 is 0.667 bits per heavy atom. The molecule has 32 valence electrons. The summed E-state index contributed by atoms with van der Waals surface area (Å²) >= 11 is 0. The zero-order valence-corrected chi connectivity index (χ0v) is 9.32. The third-order valence-electron chi connectivity index (χ3n) is 0. The van der Waals surface area contributed by atoms with E-state index in [9.17, 15) is 0 Å². The molecule has 0 saturated carbocycles. The molecule has 0 saturated heterocycles. The molecular weight excluding hydrogens is 181 g/mol. The van der Waals surface area contributed by atoms with E-state index < -0.39 is 0 Å². The van der Waals surface area contributed by atoms with Crippen LogP contribution >= 0.6 is 0 Å². The van der Waals surface area contributed by atoms with E-state index in [0.717, 1.165) is 0 Å². The van der Waals surface area contributed by atoms with E-state index in [-0.39, 0.29) is 112 Å². The van der Waals surface area contributed by atoms with E-state index in [1.807, 2.05) is 0 Å². The van der Waals surface area contributed by atoms with Crippen molar-refractivity contribution in [3.05, 3.63) is 0 Å². The topological polar surface area (TPSA) is 0 Å². The molecule has 0 atom stereocenters. The second-order valence-corrected chi connectivity index (χ2v) is 0. The Kier molecular flexibility index (Phi) is 433.